The second kappa shape index (κ2) is 4.37. The normalized spacial score (nSPS) is 13.1. The number of aromatic nitrogens is 2. The van der Waals surface area contributed by atoms with Gasteiger partial charge in [0.2, 0.25) is 0 Å². The number of thiophene rings is 1. The van der Waals surface area contributed by atoms with Crippen molar-refractivity contribution in [3.63, 3.8) is 0 Å². The van der Waals surface area contributed by atoms with Crippen LogP contribution in [-0.2, 0) is 7.05 Å². The standard InChI is InChI=1S/C9H9Br2N3S/c1-14-9(5(10)4-13-14)8(12)6-2-3-7(11)15-6/h2-4,8H,12H2,1H3. The van der Waals surface area contributed by atoms with Crippen LogP contribution >= 0.6 is 43.2 Å². The molecular weight excluding hydrogens is 342 g/mol. The van der Waals surface area contributed by atoms with Crippen LogP contribution in [0.15, 0.2) is 26.6 Å². The van der Waals surface area contributed by atoms with Crippen LogP contribution in [0, 0.1) is 0 Å². The fourth-order valence-electron chi connectivity index (χ4n) is 1.40. The number of nitrogens with two attached hydrogens (primary N) is 1. The van der Waals surface area contributed by atoms with Crippen molar-refractivity contribution in [1.29, 1.82) is 0 Å². The molecule has 0 amide bonds. The molecule has 0 spiro atoms. The monoisotopic (exact) mass is 349 g/mol. The number of hydrogen-bond donors (Lipinski definition) is 1. The lowest BCUT2D eigenvalue weighted by Crippen LogP contribution is -2.15. The molecule has 0 aliphatic carbocycles. The SMILES string of the molecule is Cn1ncc(Br)c1C(N)c1ccc(Br)s1. The average Bonchev–Trinajstić information content (AvgIpc) is 2.73. The second-order valence-corrected chi connectivity index (χ2v) is 6.47. The fourth-order valence-corrected chi connectivity index (χ4v) is 3.42. The van der Waals surface area contributed by atoms with E-state index in [0.29, 0.717) is 0 Å². The lowest BCUT2D eigenvalue weighted by atomic mass is 10.2. The number of nitrogens with zero attached hydrogens (tertiary/aromatic N) is 2. The summed E-state index contributed by atoms with van der Waals surface area (Å²) < 4.78 is 3.83. The molecule has 15 heavy (non-hydrogen) atoms. The van der Waals surface area contributed by atoms with E-state index in [4.69, 9.17) is 5.73 Å². The Labute approximate surface area is 109 Å². The van der Waals surface area contributed by atoms with Gasteiger partial charge in [-0.2, -0.15) is 5.10 Å². The molecule has 0 saturated heterocycles. The molecule has 2 N–H and O–H groups in total. The maximum atomic E-state index is 6.17. The van der Waals surface area contributed by atoms with Crippen molar-refractivity contribution in [3.05, 3.63) is 37.2 Å². The Hall–Kier alpha value is -0.170. The Bertz CT molecular complexity index is 458. The van der Waals surface area contributed by atoms with E-state index >= 15 is 0 Å². The molecule has 2 heterocycles. The Morgan fingerprint density at radius 3 is 2.67 bits per heavy atom. The average molecular weight is 351 g/mol. The van der Waals surface area contributed by atoms with Crippen LogP contribution < -0.4 is 5.73 Å². The summed E-state index contributed by atoms with van der Waals surface area (Å²) in [4.78, 5) is 1.12. The highest BCUT2D eigenvalue weighted by Gasteiger charge is 2.18. The molecule has 0 aliphatic heterocycles. The molecule has 0 radical (unpaired) electrons. The first kappa shape index (κ1) is 11.3. The summed E-state index contributed by atoms with van der Waals surface area (Å²) in [7, 11) is 1.89. The van der Waals surface area contributed by atoms with E-state index in [0.717, 1.165) is 18.8 Å². The topological polar surface area (TPSA) is 43.8 Å². The van der Waals surface area contributed by atoms with Crippen molar-refractivity contribution in [2.75, 3.05) is 0 Å². The fraction of sp³-hybridized carbons (Fsp3) is 0.222. The highest BCUT2D eigenvalue weighted by molar-refractivity contribution is 9.11. The minimum atomic E-state index is -0.136. The summed E-state index contributed by atoms with van der Waals surface area (Å²) in [5.74, 6) is 0. The lowest BCUT2D eigenvalue weighted by Gasteiger charge is -2.10. The molecule has 0 aliphatic rings. The van der Waals surface area contributed by atoms with Crippen LogP contribution in [0.5, 0.6) is 0 Å². The van der Waals surface area contributed by atoms with Crippen molar-refractivity contribution in [1.82, 2.24) is 9.78 Å². The molecule has 2 aromatic heterocycles. The zero-order valence-electron chi connectivity index (χ0n) is 7.95. The number of halogens is 2. The summed E-state index contributed by atoms with van der Waals surface area (Å²) >= 11 is 8.52. The Morgan fingerprint density at radius 2 is 2.20 bits per heavy atom. The summed E-state index contributed by atoms with van der Waals surface area (Å²) in [6.07, 6.45) is 1.76. The first-order chi connectivity index (χ1) is 7.09. The molecule has 0 saturated carbocycles. The van der Waals surface area contributed by atoms with E-state index in [1.165, 1.54) is 0 Å². The van der Waals surface area contributed by atoms with Gasteiger partial charge in [0.15, 0.2) is 0 Å². The smallest absolute Gasteiger partial charge is 0.0828 e. The van der Waals surface area contributed by atoms with Gasteiger partial charge in [0, 0.05) is 11.9 Å². The van der Waals surface area contributed by atoms with E-state index in [1.807, 2.05) is 19.2 Å². The predicted molar refractivity (Wildman–Crippen MR) is 69.0 cm³/mol. The third-order valence-electron chi connectivity index (χ3n) is 2.13. The van der Waals surface area contributed by atoms with Crippen molar-refractivity contribution in [3.8, 4) is 0 Å². The van der Waals surface area contributed by atoms with Crippen LogP contribution in [0.1, 0.15) is 16.6 Å². The van der Waals surface area contributed by atoms with Gasteiger partial charge in [-0.3, -0.25) is 4.68 Å². The Kier molecular flexibility index (Phi) is 3.30. The van der Waals surface area contributed by atoms with Gasteiger partial charge in [0.1, 0.15) is 0 Å². The number of aryl methyl sites for hydroxylation is 1. The summed E-state index contributed by atoms with van der Waals surface area (Å²) in [6.45, 7) is 0. The molecule has 1 atom stereocenters. The van der Waals surface area contributed by atoms with E-state index in [9.17, 15) is 0 Å². The van der Waals surface area contributed by atoms with Crippen molar-refractivity contribution < 1.29 is 0 Å². The maximum absolute atomic E-state index is 6.17. The van der Waals surface area contributed by atoms with Gasteiger partial charge in [0.25, 0.3) is 0 Å². The quantitative estimate of drug-likeness (QED) is 0.904. The molecule has 0 bridgehead atoms. The third-order valence-corrected chi connectivity index (χ3v) is 4.45. The summed E-state index contributed by atoms with van der Waals surface area (Å²) in [5.41, 5.74) is 7.16. The third kappa shape index (κ3) is 2.18. The van der Waals surface area contributed by atoms with Gasteiger partial charge in [0.05, 0.1) is 26.2 Å². The lowest BCUT2D eigenvalue weighted by molar-refractivity contribution is 0.676. The van der Waals surface area contributed by atoms with Gasteiger partial charge in [-0.25, -0.2) is 0 Å². The Balaban J connectivity index is 2.40. The first-order valence-electron chi connectivity index (χ1n) is 4.28. The molecule has 0 fully saturated rings. The van der Waals surface area contributed by atoms with Gasteiger partial charge < -0.3 is 5.73 Å². The molecule has 6 heteroatoms. The Morgan fingerprint density at radius 1 is 1.47 bits per heavy atom. The largest absolute Gasteiger partial charge is 0.318 e. The van der Waals surface area contributed by atoms with Crippen LogP contribution in [-0.4, -0.2) is 9.78 Å². The van der Waals surface area contributed by atoms with Crippen LogP contribution in [0.25, 0.3) is 0 Å². The molecule has 80 valence electrons. The second-order valence-electron chi connectivity index (χ2n) is 3.12. The highest BCUT2D eigenvalue weighted by Crippen LogP contribution is 2.32. The van der Waals surface area contributed by atoms with E-state index < -0.39 is 0 Å². The summed E-state index contributed by atoms with van der Waals surface area (Å²) in [5, 5.41) is 4.15. The molecule has 2 aromatic rings. The van der Waals surface area contributed by atoms with Crippen LogP contribution in [0.4, 0.5) is 0 Å². The maximum Gasteiger partial charge on any atom is 0.0828 e. The zero-order valence-corrected chi connectivity index (χ0v) is 11.9. The first-order valence-corrected chi connectivity index (χ1v) is 6.68. The molecular formula is C9H9Br2N3S. The predicted octanol–water partition coefficient (Wildman–Crippen LogP) is 3.05. The van der Waals surface area contributed by atoms with Gasteiger partial charge >= 0.3 is 0 Å². The van der Waals surface area contributed by atoms with Crippen LogP contribution in [0.3, 0.4) is 0 Å². The molecule has 2 rings (SSSR count). The minimum Gasteiger partial charge on any atom is -0.318 e. The van der Waals surface area contributed by atoms with Crippen molar-refractivity contribution in [2.45, 2.75) is 6.04 Å². The molecule has 3 nitrogen and oxygen atoms in total. The van der Waals surface area contributed by atoms with E-state index in [2.05, 4.69) is 37.0 Å². The summed E-state index contributed by atoms with van der Waals surface area (Å²) in [6, 6.07) is 3.89. The number of rotatable bonds is 2. The van der Waals surface area contributed by atoms with E-state index in [-0.39, 0.29) is 6.04 Å². The van der Waals surface area contributed by atoms with Crippen molar-refractivity contribution >= 4 is 43.2 Å². The van der Waals surface area contributed by atoms with Gasteiger partial charge in [-0.1, -0.05) is 0 Å². The molecule has 0 aromatic carbocycles. The van der Waals surface area contributed by atoms with Crippen molar-refractivity contribution in [2.24, 2.45) is 12.8 Å². The number of hydrogen-bond acceptors (Lipinski definition) is 3. The van der Waals surface area contributed by atoms with Crippen LogP contribution in [0.2, 0.25) is 0 Å². The highest BCUT2D eigenvalue weighted by atomic mass is 79.9. The van der Waals surface area contributed by atoms with Gasteiger partial charge in [-0.05, 0) is 44.0 Å². The minimum absolute atomic E-state index is 0.136. The van der Waals surface area contributed by atoms with Gasteiger partial charge in [-0.15, -0.1) is 11.3 Å². The van der Waals surface area contributed by atoms with E-state index in [1.54, 1.807) is 22.2 Å². The molecule has 1 unspecified atom stereocenters. The zero-order chi connectivity index (χ0) is 11.0.